The number of amides is 4. The van der Waals surface area contributed by atoms with E-state index in [1.807, 2.05) is 13.0 Å². The quantitative estimate of drug-likeness (QED) is 0.0760. The largest absolute Gasteiger partial charge is 0.339 e. The molecular formula is C45H60N8O9S. The van der Waals surface area contributed by atoms with E-state index in [9.17, 15) is 42.0 Å². The van der Waals surface area contributed by atoms with Gasteiger partial charge >= 0.3 is 5.91 Å². The molecule has 4 amide bonds. The molecule has 8 N–H and O–H groups in total. The summed E-state index contributed by atoms with van der Waals surface area (Å²) in [4.78, 5) is 105. The Morgan fingerprint density at radius 1 is 0.857 bits per heavy atom. The van der Waals surface area contributed by atoms with Crippen LogP contribution < -0.4 is 27.8 Å². The van der Waals surface area contributed by atoms with E-state index < -0.39 is 104 Å². The van der Waals surface area contributed by atoms with Crippen molar-refractivity contribution in [2.24, 2.45) is 40.9 Å². The molecule has 4 rings (SSSR count). The smallest absolute Gasteiger partial charge is 0.306 e. The number of rotatable bonds is 21. The van der Waals surface area contributed by atoms with Crippen LogP contribution in [0.3, 0.4) is 0 Å². The Bertz CT molecular complexity index is 2220. The number of benzene rings is 2. The molecule has 0 radical (unpaired) electrons. The van der Waals surface area contributed by atoms with E-state index in [-0.39, 0.29) is 28.3 Å². The van der Waals surface area contributed by atoms with E-state index in [0.717, 1.165) is 12.0 Å². The Hall–Kier alpha value is -5.56. The summed E-state index contributed by atoms with van der Waals surface area (Å²) in [5.41, 5.74) is 18.3. The minimum absolute atomic E-state index is 0.0378. The van der Waals surface area contributed by atoms with E-state index in [4.69, 9.17) is 17.2 Å². The SMILES string of the molecule is CC[C@H](C)[C@H](N)C(=O)C(C[C@@](N)(C(=O)C(=O)N(CC(=O)NC(=O)[C@H](CC(C)C)NC(=O)c1cnccn1)S(=O)(=O)c1ccc(-c2ccccc2)cc1)C1CCCCC1)C(=O)[C@H](C)N. The van der Waals surface area contributed by atoms with Gasteiger partial charge in [-0.1, -0.05) is 95.8 Å². The molecule has 1 saturated carbocycles. The van der Waals surface area contributed by atoms with Gasteiger partial charge in [0.05, 0.1) is 34.6 Å². The van der Waals surface area contributed by atoms with Crippen molar-refractivity contribution in [2.75, 3.05) is 6.54 Å². The van der Waals surface area contributed by atoms with Gasteiger partial charge in [-0.05, 0) is 73.6 Å². The molecule has 1 fully saturated rings. The van der Waals surface area contributed by atoms with Gasteiger partial charge in [-0.3, -0.25) is 43.9 Å². The first-order valence-corrected chi connectivity index (χ1v) is 22.7. The van der Waals surface area contributed by atoms with Gasteiger partial charge < -0.3 is 22.5 Å². The standard InChI is InChI=1S/C45H60N8O9S/c1-6-28(4)38(47)40(56)34(39(55)29(5)46)24-45(48,32-15-11-8-12-16-32)41(57)44(60)53(63(61,62)33-19-17-31(18-20-33)30-13-9-7-10-14-30)26-37(54)52-42(58)35(23-27(2)3)51-43(59)36-25-49-21-22-50-36/h7,9-10,13-14,17-22,25,27-29,32,34-35,38H,6,8,11-12,15-16,23-24,26,46-48H2,1-5H3,(H,51,59)(H,52,54,58)/t28-,29-,34?,35-,38-,45-/m0/s1. The summed E-state index contributed by atoms with van der Waals surface area (Å²) >= 11 is 0. The summed E-state index contributed by atoms with van der Waals surface area (Å²) in [6.07, 6.45) is 6.19. The Morgan fingerprint density at radius 2 is 1.48 bits per heavy atom. The molecule has 0 saturated heterocycles. The zero-order chi connectivity index (χ0) is 46.6. The summed E-state index contributed by atoms with van der Waals surface area (Å²) in [7, 11) is -5.09. The molecule has 340 valence electrons. The lowest BCUT2D eigenvalue weighted by Crippen LogP contribution is -2.63. The minimum atomic E-state index is -5.09. The number of nitrogens with one attached hydrogen (secondary N) is 2. The molecule has 6 atom stereocenters. The van der Waals surface area contributed by atoms with E-state index >= 15 is 0 Å². The molecule has 63 heavy (non-hydrogen) atoms. The number of Topliss-reactive ketones (excluding diaryl/α,β-unsaturated/α-hetero) is 3. The van der Waals surface area contributed by atoms with Crippen LogP contribution in [0.5, 0.6) is 0 Å². The van der Waals surface area contributed by atoms with Crippen molar-refractivity contribution in [1.82, 2.24) is 24.9 Å². The fourth-order valence-electron chi connectivity index (χ4n) is 7.73. The number of imide groups is 1. The molecule has 2 aromatic carbocycles. The maximum Gasteiger partial charge on any atom is 0.306 e. The number of sulfonamides is 1. The second-order valence-corrected chi connectivity index (χ2v) is 18.7. The predicted octanol–water partition coefficient (Wildman–Crippen LogP) is 2.86. The second-order valence-electron chi connectivity index (χ2n) is 16.8. The van der Waals surface area contributed by atoms with Crippen LogP contribution in [0.4, 0.5) is 0 Å². The van der Waals surface area contributed by atoms with Gasteiger partial charge in [0.2, 0.25) is 17.6 Å². The zero-order valence-electron chi connectivity index (χ0n) is 36.5. The average Bonchev–Trinajstić information content (AvgIpc) is 3.28. The van der Waals surface area contributed by atoms with Crippen LogP contribution in [0.1, 0.15) is 96.5 Å². The molecule has 0 aliphatic heterocycles. The number of hydrogen-bond acceptors (Lipinski definition) is 14. The van der Waals surface area contributed by atoms with Crippen molar-refractivity contribution in [3.8, 4) is 11.1 Å². The molecule has 1 heterocycles. The molecule has 0 bridgehead atoms. The summed E-state index contributed by atoms with van der Waals surface area (Å²) < 4.78 is 29.2. The lowest BCUT2D eigenvalue weighted by Gasteiger charge is -2.41. The third-order valence-corrected chi connectivity index (χ3v) is 13.4. The summed E-state index contributed by atoms with van der Waals surface area (Å²) in [5.74, 6) is -10.8. The maximum atomic E-state index is 14.9. The van der Waals surface area contributed by atoms with Gasteiger partial charge in [0, 0.05) is 12.4 Å². The molecule has 0 spiro atoms. The van der Waals surface area contributed by atoms with E-state index in [1.165, 1.54) is 49.8 Å². The van der Waals surface area contributed by atoms with Gasteiger partial charge in [-0.15, -0.1) is 0 Å². The van der Waals surface area contributed by atoms with Crippen LogP contribution in [0.2, 0.25) is 0 Å². The highest BCUT2D eigenvalue weighted by molar-refractivity contribution is 7.89. The predicted molar refractivity (Wildman–Crippen MR) is 234 cm³/mol. The van der Waals surface area contributed by atoms with Crippen LogP contribution in [0, 0.1) is 23.7 Å². The highest BCUT2D eigenvalue weighted by atomic mass is 32.2. The number of nitrogens with zero attached hydrogens (tertiary/aromatic N) is 3. The van der Waals surface area contributed by atoms with Crippen LogP contribution in [0.25, 0.3) is 11.1 Å². The monoisotopic (exact) mass is 888 g/mol. The molecular weight excluding hydrogens is 829 g/mol. The summed E-state index contributed by atoms with van der Waals surface area (Å²) in [5, 5.41) is 4.59. The third-order valence-electron chi connectivity index (χ3n) is 11.7. The van der Waals surface area contributed by atoms with Crippen molar-refractivity contribution in [2.45, 2.75) is 115 Å². The highest BCUT2D eigenvalue weighted by Crippen LogP contribution is 2.38. The first-order valence-electron chi connectivity index (χ1n) is 21.3. The first-order chi connectivity index (χ1) is 29.7. The first kappa shape index (κ1) is 50.1. The topological polar surface area (TPSA) is 285 Å². The Balaban J connectivity index is 1.78. The van der Waals surface area contributed by atoms with E-state index in [2.05, 4.69) is 20.6 Å². The second kappa shape index (κ2) is 22.2. The molecule has 18 heteroatoms. The fourth-order valence-corrected chi connectivity index (χ4v) is 9.05. The van der Waals surface area contributed by atoms with Crippen LogP contribution >= 0.6 is 0 Å². The number of carbonyl (C=O) groups excluding carboxylic acids is 7. The molecule has 1 aliphatic rings. The van der Waals surface area contributed by atoms with Crippen LogP contribution in [0.15, 0.2) is 78.1 Å². The number of nitrogens with two attached hydrogens (primary N) is 3. The molecule has 17 nitrogen and oxygen atoms in total. The molecule has 1 aliphatic carbocycles. The number of aromatic nitrogens is 2. The van der Waals surface area contributed by atoms with Gasteiger partial charge in [0.1, 0.15) is 18.3 Å². The van der Waals surface area contributed by atoms with Crippen LogP contribution in [-0.2, 0) is 38.8 Å². The van der Waals surface area contributed by atoms with Crippen molar-refractivity contribution in [3.63, 3.8) is 0 Å². The Labute approximate surface area is 368 Å². The summed E-state index contributed by atoms with van der Waals surface area (Å²) in [6, 6.07) is 10.7. The normalized spacial score (nSPS) is 16.7. The zero-order valence-corrected chi connectivity index (χ0v) is 37.3. The molecule has 3 aromatic rings. The highest BCUT2D eigenvalue weighted by Gasteiger charge is 2.52. The number of carbonyl (C=O) groups is 7. The van der Waals surface area contributed by atoms with Gasteiger partial charge in [-0.25, -0.2) is 17.7 Å². The van der Waals surface area contributed by atoms with Crippen LogP contribution in [-0.4, -0.2) is 93.9 Å². The molecule has 1 unspecified atom stereocenters. The Morgan fingerprint density at radius 3 is 2.03 bits per heavy atom. The third kappa shape index (κ3) is 12.6. The van der Waals surface area contributed by atoms with Gasteiger partial charge in [0.25, 0.3) is 15.9 Å². The lowest BCUT2D eigenvalue weighted by molar-refractivity contribution is -0.148. The average molecular weight is 889 g/mol. The molecule has 1 aromatic heterocycles. The summed E-state index contributed by atoms with van der Waals surface area (Å²) in [6.45, 7) is 7.07. The number of hydrogen-bond donors (Lipinski definition) is 5. The minimum Gasteiger partial charge on any atom is -0.339 e. The fraction of sp³-hybridized carbons (Fsp3) is 0.489. The van der Waals surface area contributed by atoms with Gasteiger partial charge in [-0.2, -0.15) is 0 Å². The Kier molecular flexibility index (Phi) is 17.6. The van der Waals surface area contributed by atoms with Crippen molar-refractivity contribution >= 4 is 51.0 Å². The lowest BCUT2D eigenvalue weighted by atomic mass is 9.66. The van der Waals surface area contributed by atoms with Crippen molar-refractivity contribution < 1.29 is 42.0 Å². The van der Waals surface area contributed by atoms with Gasteiger partial charge in [0.15, 0.2) is 11.6 Å². The number of ketones is 3. The van der Waals surface area contributed by atoms with E-state index in [0.29, 0.717) is 37.7 Å². The van der Waals surface area contributed by atoms with Crippen molar-refractivity contribution in [1.29, 1.82) is 0 Å². The maximum absolute atomic E-state index is 14.9. The van der Waals surface area contributed by atoms with Crippen molar-refractivity contribution in [3.05, 3.63) is 78.9 Å². The van der Waals surface area contributed by atoms with E-state index in [1.54, 1.807) is 45.0 Å².